The van der Waals surface area contributed by atoms with Crippen LogP contribution in [0.25, 0.3) is 0 Å². The minimum atomic E-state index is 1.05. The first kappa shape index (κ1) is 12.2. The summed E-state index contributed by atoms with van der Waals surface area (Å²) in [5.41, 5.74) is 2.96. The quantitative estimate of drug-likeness (QED) is 0.701. The number of allylic oxidation sites excluding steroid dienone is 2. The molecule has 1 aliphatic heterocycles. The summed E-state index contributed by atoms with van der Waals surface area (Å²) >= 11 is 0. The highest BCUT2D eigenvalue weighted by molar-refractivity contribution is 5.36. The summed E-state index contributed by atoms with van der Waals surface area (Å²) in [5, 5.41) is 0. The zero-order valence-corrected chi connectivity index (χ0v) is 10.8. The van der Waals surface area contributed by atoms with Crippen LogP contribution in [0.2, 0.25) is 0 Å². The molecule has 0 aromatic carbocycles. The van der Waals surface area contributed by atoms with Gasteiger partial charge >= 0.3 is 0 Å². The van der Waals surface area contributed by atoms with Crippen LogP contribution in [0.5, 0.6) is 0 Å². The molecule has 0 aromatic heterocycles. The third-order valence-electron chi connectivity index (χ3n) is 3.23. The summed E-state index contributed by atoms with van der Waals surface area (Å²) < 4.78 is 0. The van der Waals surface area contributed by atoms with Crippen molar-refractivity contribution in [3.8, 4) is 0 Å². The van der Waals surface area contributed by atoms with E-state index >= 15 is 0 Å². The molecule has 0 fully saturated rings. The largest absolute Gasteiger partial charge is 0.359 e. The average molecular weight is 208 g/mol. The van der Waals surface area contributed by atoms with Crippen molar-refractivity contribution in [1.82, 2.24) is 9.80 Å². The van der Waals surface area contributed by atoms with Gasteiger partial charge in [0.1, 0.15) is 5.82 Å². The van der Waals surface area contributed by atoms with Gasteiger partial charge in [-0.15, -0.1) is 0 Å². The molecule has 0 aliphatic carbocycles. The van der Waals surface area contributed by atoms with Crippen molar-refractivity contribution in [2.24, 2.45) is 0 Å². The second kappa shape index (κ2) is 5.24. The van der Waals surface area contributed by atoms with Crippen LogP contribution in [-0.2, 0) is 0 Å². The van der Waals surface area contributed by atoms with Crippen LogP contribution < -0.4 is 0 Å². The standard InChI is InChI=1S/C13H24N2/c1-6-12-9-10-14(5)13(11(12)4)15(7-2)8-3/h9H,6-8,10H2,1-5H3. The normalized spacial score (nSPS) is 16.9. The van der Waals surface area contributed by atoms with Crippen molar-refractivity contribution in [3.63, 3.8) is 0 Å². The molecule has 0 saturated carbocycles. The zero-order chi connectivity index (χ0) is 11.4. The van der Waals surface area contributed by atoms with Gasteiger partial charge in [-0.1, -0.05) is 13.0 Å². The molecule has 0 aromatic rings. The van der Waals surface area contributed by atoms with Gasteiger partial charge in [-0.25, -0.2) is 0 Å². The van der Waals surface area contributed by atoms with Gasteiger partial charge in [-0.05, 0) is 38.3 Å². The van der Waals surface area contributed by atoms with Gasteiger partial charge in [-0.3, -0.25) is 0 Å². The van der Waals surface area contributed by atoms with Gasteiger partial charge in [0.15, 0.2) is 0 Å². The van der Waals surface area contributed by atoms with Crippen LogP contribution >= 0.6 is 0 Å². The Morgan fingerprint density at radius 3 is 2.33 bits per heavy atom. The molecule has 2 nitrogen and oxygen atoms in total. The second-order valence-corrected chi connectivity index (χ2v) is 4.08. The first-order chi connectivity index (χ1) is 7.15. The fourth-order valence-corrected chi connectivity index (χ4v) is 2.33. The van der Waals surface area contributed by atoms with Crippen molar-refractivity contribution in [2.75, 3.05) is 26.7 Å². The maximum Gasteiger partial charge on any atom is 0.107 e. The molecule has 2 heteroatoms. The average Bonchev–Trinajstić information content (AvgIpc) is 2.24. The Morgan fingerprint density at radius 2 is 1.87 bits per heavy atom. The van der Waals surface area contributed by atoms with Gasteiger partial charge in [0.05, 0.1) is 0 Å². The van der Waals surface area contributed by atoms with E-state index in [2.05, 4.69) is 50.6 Å². The summed E-state index contributed by atoms with van der Waals surface area (Å²) in [7, 11) is 2.18. The molecule has 15 heavy (non-hydrogen) atoms. The Balaban J connectivity index is 3.03. The highest BCUT2D eigenvalue weighted by atomic mass is 15.3. The summed E-state index contributed by atoms with van der Waals surface area (Å²) in [6.07, 6.45) is 3.49. The maximum absolute atomic E-state index is 2.44. The Bertz CT molecular complexity index is 272. The predicted octanol–water partition coefficient (Wildman–Crippen LogP) is 2.84. The molecular formula is C13H24N2. The predicted molar refractivity (Wildman–Crippen MR) is 66.6 cm³/mol. The van der Waals surface area contributed by atoms with E-state index in [0.29, 0.717) is 0 Å². The second-order valence-electron chi connectivity index (χ2n) is 4.08. The maximum atomic E-state index is 2.44. The highest BCUT2D eigenvalue weighted by Gasteiger charge is 2.18. The van der Waals surface area contributed by atoms with Crippen molar-refractivity contribution in [2.45, 2.75) is 34.1 Å². The Labute approximate surface area is 94.3 Å². The lowest BCUT2D eigenvalue weighted by Crippen LogP contribution is -2.36. The number of nitrogens with zero attached hydrogens (tertiary/aromatic N) is 2. The summed E-state index contributed by atoms with van der Waals surface area (Å²) in [5.74, 6) is 1.42. The minimum absolute atomic E-state index is 1.05. The number of hydrogen-bond donors (Lipinski definition) is 0. The van der Waals surface area contributed by atoms with Gasteiger partial charge < -0.3 is 9.80 Å². The molecule has 0 amide bonds. The first-order valence-electron chi connectivity index (χ1n) is 6.01. The molecule has 0 radical (unpaired) electrons. The molecule has 0 unspecified atom stereocenters. The zero-order valence-electron chi connectivity index (χ0n) is 10.8. The van der Waals surface area contributed by atoms with Crippen molar-refractivity contribution < 1.29 is 0 Å². The Morgan fingerprint density at radius 1 is 1.27 bits per heavy atom. The van der Waals surface area contributed by atoms with Crippen LogP contribution in [0, 0.1) is 0 Å². The van der Waals surface area contributed by atoms with Crippen LogP contribution in [0.1, 0.15) is 34.1 Å². The third kappa shape index (κ3) is 2.36. The van der Waals surface area contributed by atoms with Crippen LogP contribution in [0.4, 0.5) is 0 Å². The lowest BCUT2D eigenvalue weighted by atomic mass is 10.0. The fraction of sp³-hybridized carbons (Fsp3) is 0.692. The van der Waals surface area contributed by atoms with E-state index in [4.69, 9.17) is 0 Å². The topological polar surface area (TPSA) is 6.48 Å². The van der Waals surface area contributed by atoms with Crippen LogP contribution in [-0.4, -0.2) is 36.5 Å². The van der Waals surface area contributed by atoms with E-state index in [1.165, 1.54) is 17.0 Å². The molecule has 0 bridgehead atoms. The van der Waals surface area contributed by atoms with Crippen LogP contribution in [0.15, 0.2) is 23.0 Å². The SMILES string of the molecule is CCC1=CCN(C)C(N(CC)CC)=C1C. The molecule has 0 saturated heterocycles. The lowest BCUT2D eigenvalue weighted by Gasteiger charge is -2.36. The van der Waals surface area contributed by atoms with E-state index in [9.17, 15) is 0 Å². The fourth-order valence-electron chi connectivity index (χ4n) is 2.33. The highest BCUT2D eigenvalue weighted by Crippen LogP contribution is 2.26. The molecule has 1 rings (SSSR count). The molecular weight excluding hydrogens is 184 g/mol. The monoisotopic (exact) mass is 208 g/mol. The number of hydrogen-bond acceptors (Lipinski definition) is 2. The van der Waals surface area contributed by atoms with E-state index in [1.54, 1.807) is 0 Å². The third-order valence-corrected chi connectivity index (χ3v) is 3.23. The molecule has 0 spiro atoms. The molecule has 1 aliphatic rings. The van der Waals surface area contributed by atoms with Gasteiger partial charge in [0, 0.05) is 26.7 Å². The number of rotatable bonds is 4. The van der Waals surface area contributed by atoms with E-state index in [1.807, 2.05) is 0 Å². The van der Waals surface area contributed by atoms with E-state index < -0.39 is 0 Å². The summed E-state index contributed by atoms with van der Waals surface area (Å²) in [6.45, 7) is 12.2. The van der Waals surface area contributed by atoms with Crippen molar-refractivity contribution >= 4 is 0 Å². The van der Waals surface area contributed by atoms with Gasteiger partial charge in [-0.2, -0.15) is 0 Å². The smallest absolute Gasteiger partial charge is 0.107 e. The molecule has 1 heterocycles. The van der Waals surface area contributed by atoms with Crippen LogP contribution in [0.3, 0.4) is 0 Å². The Kier molecular flexibility index (Phi) is 4.25. The molecule has 0 atom stereocenters. The summed E-state index contributed by atoms with van der Waals surface area (Å²) in [4.78, 5) is 4.79. The van der Waals surface area contributed by atoms with Gasteiger partial charge in [0.2, 0.25) is 0 Å². The Hall–Kier alpha value is -0.920. The first-order valence-corrected chi connectivity index (χ1v) is 6.01. The molecule has 86 valence electrons. The van der Waals surface area contributed by atoms with E-state index in [0.717, 1.165) is 26.1 Å². The van der Waals surface area contributed by atoms with Crippen molar-refractivity contribution in [1.29, 1.82) is 0 Å². The molecule has 0 N–H and O–H groups in total. The van der Waals surface area contributed by atoms with Crippen molar-refractivity contribution in [3.05, 3.63) is 23.0 Å². The minimum Gasteiger partial charge on any atom is -0.359 e. The summed E-state index contributed by atoms with van der Waals surface area (Å²) in [6, 6.07) is 0. The number of likely N-dealkylation sites (N-methyl/N-ethyl adjacent to an activating group) is 1. The lowest BCUT2D eigenvalue weighted by molar-refractivity contribution is 0.256. The van der Waals surface area contributed by atoms with E-state index in [-0.39, 0.29) is 0 Å². The van der Waals surface area contributed by atoms with Gasteiger partial charge in [0.25, 0.3) is 0 Å².